The van der Waals surface area contributed by atoms with E-state index in [1.165, 1.54) is 0 Å². The van der Waals surface area contributed by atoms with Crippen molar-refractivity contribution in [1.29, 1.82) is 0 Å². The molecule has 3 nitrogen and oxygen atoms in total. The fourth-order valence-electron chi connectivity index (χ4n) is 1.50. The molecule has 0 aromatic carbocycles. The molecule has 0 aromatic heterocycles. The van der Waals surface area contributed by atoms with E-state index in [9.17, 15) is 26.0 Å². The Labute approximate surface area is 118 Å². The Morgan fingerprint density at radius 2 is 1.60 bits per heavy atom. The minimum atomic E-state index is -4.52. The van der Waals surface area contributed by atoms with Crippen LogP contribution >= 0.6 is 0 Å². The van der Waals surface area contributed by atoms with Crippen molar-refractivity contribution in [3.05, 3.63) is 0 Å². The summed E-state index contributed by atoms with van der Waals surface area (Å²) in [6.07, 6.45) is -3.08. The number of hydrogen-bond donors (Lipinski definition) is 0. The lowest BCUT2D eigenvalue weighted by atomic mass is 9.92. The maximum Gasteiger partial charge on any atom is 0.322 e. The molecule has 0 rings (SSSR count). The van der Waals surface area contributed by atoms with Crippen LogP contribution in [-0.2, 0) is 10.0 Å². The van der Waals surface area contributed by atoms with Gasteiger partial charge in [-0.15, -0.1) is 0 Å². The molecule has 0 unspecified atom stereocenters. The molecular formula is C12H23F4NO2S. The van der Waals surface area contributed by atoms with Crippen LogP contribution in [-0.4, -0.2) is 43.9 Å². The Kier molecular flexibility index (Phi) is 6.93. The highest BCUT2D eigenvalue weighted by molar-refractivity contribution is 7.89. The van der Waals surface area contributed by atoms with Gasteiger partial charge in [-0.2, -0.15) is 8.78 Å². The molecule has 0 heterocycles. The second-order valence-electron chi connectivity index (χ2n) is 6.03. The number of rotatable bonds is 8. The molecule has 122 valence electrons. The quantitative estimate of drug-likeness (QED) is 0.643. The van der Waals surface area contributed by atoms with E-state index in [-0.39, 0.29) is 18.5 Å². The van der Waals surface area contributed by atoms with E-state index in [2.05, 4.69) is 0 Å². The van der Waals surface area contributed by atoms with Gasteiger partial charge in [0.05, 0.1) is 0 Å². The summed E-state index contributed by atoms with van der Waals surface area (Å²) >= 11 is 0. The molecule has 0 aromatic rings. The first-order chi connectivity index (χ1) is 8.82. The number of sulfonamides is 1. The smallest absolute Gasteiger partial charge is 0.212 e. The highest BCUT2D eigenvalue weighted by Gasteiger charge is 2.46. The fraction of sp³-hybridized carbons (Fsp3) is 1.00. The average Bonchev–Trinajstić information content (AvgIpc) is 2.20. The highest BCUT2D eigenvalue weighted by Crippen LogP contribution is 2.27. The summed E-state index contributed by atoms with van der Waals surface area (Å²) in [7, 11) is -4.41. The normalized spacial score (nSPS) is 14.3. The number of halogens is 4. The number of alkyl halides is 4. The SMILES string of the molecule is CCCN(CCC(C)(C)C)S(=O)(=O)CC(F)(F)C(F)F. The van der Waals surface area contributed by atoms with Crippen molar-refractivity contribution in [2.75, 3.05) is 18.8 Å². The Hall–Kier alpha value is -0.370. The third-order valence-corrected chi connectivity index (χ3v) is 4.57. The van der Waals surface area contributed by atoms with Crippen molar-refractivity contribution in [1.82, 2.24) is 4.31 Å². The van der Waals surface area contributed by atoms with Gasteiger partial charge in [0.15, 0.2) is 0 Å². The molecule has 0 aliphatic rings. The Balaban J connectivity index is 4.98. The third-order valence-electron chi connectivity index (χ3n) is 2.67. The Morgan fingerprint density at radius 1 is 1.10 bits per heavy atom. The fourth-order valence-corrected chi connectivity index (χ4v) is 3.12. The predicted octanol–water partition coefficient (Wildman–Crippen LogP) is 3.36. The molecule has 0 atom stereocenters. The largest absolute Gasteiger partial charge is 0.322 e. The minimum absolute atomic E-state index is 0.0533. The molecule has 0 N–H and O–H groups in total. The maximum absolute atomic E-state index is 13.0. The first-order valence-corrected chi connectivity index (χ1v) is 8.06. The summed E-state index contributed by atoms with van der Waals surface area (Å²) in [5.74, 6) is -6.37. The van der Waals surface area contributed by atoms with E-state index in [0.29, 0.717) is 12.8 Å². The van der Waals surface area contributed by atoms with E-state index in [4.69, 9.17) is 0 Å². The van der Waals surface area contributed by atoms with E-state index in [1.54, 1.807) is 6.92 Å². The zero-order valence-corrected chi connectivity index (χ0v) is 13.1. The van der Waals surface area contributed by atoms with Crippen LogP contribution in [0.2, 0.25) is 0 Å². The summed E-state index contributed by atoms with van der Waals surface area (Å²) in [6, 6.07) is 0. The zero-order chi connectivity index (χ0) is 16.2. The van der Waals surface area contributed by atoms with Crippen LogP contribution < -0.4 is 0 Å². The maximum atomic E-state index is 13.0. The average molecular weight is 321 g/mol. The monoisotopic (exact) mass is 321 g/mol. The van der Waals surface area contributed by atoms with Crippen LogP contribution in [0.5, 0.6) is 0 Å². The van der Waals surface area contributed by atoms with Crippen molar-refractivity contribution in [3.8, 4) is 0 Å². The van der Waals surface area contributed by atoms with Crippen molar-refractivity contribution >= 4 is 10.0 Å². The van der Waals surface area contributed by atoms with Crippen molar-refractivity contribution < 1.29 is 26.0 Å². The third kappa shape index (κ3) is 6.88. The Morgan fingerprint density at radius 3 is 1.95 bits per heavy atom. The van der Waals surface area contributed by atoms with Gasteiger partial charge >= 0.3 is 12.3 Å². The Bertz CT molecular complexity index is 391. The lowest BCUT2D eigenvalue weighted by molar-refractivity contribution is -0.111. The summed E-state index contributed by atoms with van der Waals surface area (Å²) in [6.45, 7) is 7.47. The molecule has 0 saturated carbocycles. The molecule has 0 aliphatic heterocycles. The van der Waals surface area contributed by atoms with Gasteiger partial charge in [0, 0.05) is 13.1 Å². The topological polar surface area (TPSA) is 37.4 Å². The van der Waals surface area contributed by atoms with Crippen LogP contribution in [0, 0.1) is 5.41 Å². The van der Waals surface area contributed by atoms with Crippen LogP contribution in [0.1, 0.15) is 40.5 Å². The minimum Gasteiger partial charge on any atom is -0.212 e. The van der Waals surface area contributed by atoms with E-state index < -0.39 is 28.1 Å². The van der Waals surface area contributed by atoms with E-state index in [0.717, 1.165) is 4.31 Å². The second kappa shape index (κ2) is 7.06. The first-order valence-electron chi connectivity index (χ1n) is 6.45. The van der Waals surface area contributed by atoms with Gasteiger partial charge in [0.25, 0.3) is 0 Å². The number of hydrogen-bond acceptors (Lipinski definition) is 2. The van der Waals surface area contributed by atoms with Crippen LogP contribution in [0.3, 0.4) is 0 Å². The molecule has 0 saturated heterocycles. The van der Waals surface area contributed by atoms with Gasteiger partial charge in [-0.1, -0.05) is 27.7 Å². The predicted molar refractivity (Wildman–Crippen MR) is 70.7 cm³/mol. The molecular weight excluding hydrogens is 298 g/mol. The first kappa shape index (κ1) is 19.6. The molecule has 0 amide bonds. The van der Waals surface area contributed by atoms with E-state index in [1.807, 2.05) is 20.8 Å². The molecule has 0 spiro atoms. The van der Waals surface area contributed by atoms with Gasteiger partial charge in [-0.3, -0.25) is 0 Å². The van der Waals surface area contributed by atoms with Gasteiger partial charge in [0.2, 0.25) is 10.0 Å². The molecule has 0 fully saturated rings. The van der Waals surface area contributed by atoms with Gasteiger partial charge < -0.3 is 0 Å². The van der Waals surface area contributed by atoms with Crippen molar-refractivity contribution in [2.45, 2.75) is 52.9 Å². The molecule has 0 aliphatic carbocycles. The summed E-state index contributed by atoms with van der Waals surface area (Å²) in [5.41, 5.74) is -0.174. The van der Waals surface area contributed by atoms with Crippen LogP contribution in [0.25, 0.3) is 0 Å². The molecule has 20 heavy (non-hydrogen) atoms. The summed E-state index contributed by atoms with van der Waals surface area (Å²) < 4.78 is 74.8. The van der Waals surface area contributed by atoms with E-state index >= 15 is 0 Å². The van der Waals surface area contributed by atoms with Gasteiger partial charge in [0.1, 0.15) is 5.75 Å². The molecule has 0 bridgehead atoms. The van der Waals surface area contributed by atoms with Crippen LogP contribution in [0.15, 0.2) is 0 Å². The lowest BCUT2D eigenvalue weighted by Gasteiger charge is -2.27. The zero-order valence-electron chi connectivity index (χ0n) is 12.3. The van der Waals surface area contributed by atoms with Crippen molar-refractivity contribution in [3.63, 3.8) is 0 Å². The van der Waals surface area contributed by atoms with Gasteiger partial charge in [-0.05, 0) is 18.3 Å². The molecule has 0 radical (unpaired) electrons. The highest BCUT2D eigenvalue weighted by atomic mass is 32.2. The molecule has 8 heteroatoms. The van der Waals surface area contributed by atoms with Crippen LogP contribution in [0.4, 0.5) is 17.6 Å². The van der Waals surface area contributed by atoms with Gasteiger partial charge in [-0.25, -0.2) is 21.5 Å². The second-order valence-corrected chi connectivity index (χ2v) is 8.00. The summed E-state index contributed by atoms with van der Waals surface area (Å²) in [5, 5.41) is 0. The summed E-state index contributed by atoms with van der Waals surface area (Å²) in [4.78, 5) is 0. The number of nitrogens with zero attached hydrogens (tertiary/aromatic N) is 1. The lowest BCUT2D eigenvalue weighted by Crippen LogP contribution is -2.43. The van der Waals surface area contributed by atoms with Crippen molar-refractivity contribution in [2.24, 2.45) is 5.41 Å². The standard InChI is InChI=1S/C12H23F4NO2S/c1-5-7-17(8-6-11(2,3)4)20(18,19)9-12(15,16)10(13)14/h10H,5-9H2,1-4H3.